The maximum absolute atomic E-state index is 11.6. The summed E-state index contributed by atoms with van der Waals surface area (Å²) in [5.74, 6) is -0.322. The van der Waals surface area contributed by atoms with Crippen LogP contribution in [0.1, 0.15) is 15.9 Å². The van der Waals surface area contributed by atoms with E-state index in [1.165, 1.54) is 7.11 Å². The molecule has 0 saturated carbocycles. The van der Waals surface area contributed by atoms with Gasteiger partial charge in [-0.05, 0) is 23.8 Å². The van der Waals surface area contributed by atoms with Crippen LogP contribution in [0.4, 0.5) is 5.69 Å². The molecular formula is C15H16N2O2. The number of rotatable bonds is 5. The fourth-order valence-electron chi connectivity index (χ4n) is 1.75. The Balaban J connectivity index is 1.98. The van der Waals surface area contributed by atoms with Gasteiger partial charge in [-0.1, -0.05) is 36.4 Å². The first-order chi connectivity index (χ1) is 9.31. The molecule has 2 aromatic carbocycles. The third-order valence-corrected chi connectivity index (χ3v) is 2.71. The second-order valence-corrected chi connectivity index (χ2v) is 3.99. The number of hydrazine groups is 1. The molecule has 0 aliphatic rings. The van der Waals surface area contributed by atoms with E-state index in [2.05, 4.69) is 10.9 Å². The molecule has 0 aliphatic carbocycles. The van der Waals surface area contributed by atoms with Crippen molar-refractivity contribution >= 4 is 11.7 Å². The number of esters is 1. The van der Waals surface area contributed by atoms with Crippen LogP contribution in [0, 0.1) is 0 Å². The quantitative estimate of drug-likeness (QED) is 0.637. The molecule has 0 atom stereocenters. The summed E-state index contributed by atoms with van der Waals surface area (Å²) in [4.78, 5) is 11.6. The fourth-order valence-corrected chi connectivity index (χ4v) is 1.75. The predicted octanol–water partition coefficient (Wildman–Crippen LogP) is 2.59. The van der Waals surface area contributed by atoms with Crippen LogP contribution in [-0.2, 0) is 11.3 Å². The van der Waals surface area contributed by atoms with Crippen molar-refractivity contribution in [2.24, 2.45) is 0 Å². The summed E-state index contributed by atoms with van der Waals surface area (Å²) in [5.41, 5.74) is 8.59. The summed E-state index contributed by atoms with van der Waals surface area (Å²) in [5, 5.41) is 0. The van der Waals surface area contributed by atoms with Gasteiger partial charge < -0.3 is 10.2 Å². The van der Waals surface area contributed by atoms with Gasteiger partial charge in [0.05, 0.1) is 12.7 Å². The van der Waals surface area contributed by atoms with Gasteiger partial charge in [0.2, 0.25) is 0 Å². The molecule has 4 nitrogen and oxygen atoms in total. The number of hydrogen-bond acceptors (Lipinski definition) is 4. The first kappa shape index (κ1) is 13.1. The summed E-state index contributed by atoms with van der Waals surface area (Å²) in [7, 11) is 1.38. The maximum atomic E-state index is 11.6. The monoisotopic (exact) mass is 256 g/mol. The molecule has 0 unspecified atom stereocenters. The van der Waals surface area contributed by atoms with E-state index in [1.807, 2.05) is 48.5 Å². The second kappa shape index (κ2) is 6.56. The van der Waals surface area contributed by atoms with Crippen molar-refractivity contribution in [1.29, 1.82) is 0 Å². The van der Waals surface area contributed by atoms with Crippen LogP contribution in [-0.4, -0.2) is 13.1 Å². The van der Waals surface area contributed by atoms with Crippen molar-refractivity contribution in [3.8, 4) is 0 Å². The van der Waals surface area contributed by atoms with Crippen molar-refractivity contribution in [3.05, 3.63) is 65.7 Å². The molecule has 0 fully saturated rings. The molecular weight excluding hydrogens is 240 g/mol. The van der Waals surface area contributed by atoms with Gasteiger partial charge in [0.25, 0.3) is 0 Å². The molecule has 0 saturated heterocycles. The lowest BCUT2D eigenvalue weighted by Crippen LogP contribution is -2.22. The molecule has 2 aromatic rings. The number of ether oxygens (including phenoxy) is 1. The average Bonchev–Trinajstić information content (AvgIpc) is 2.48. The molecule has 0 amide bonds. The Hall–Kier alpha value is -2.33. The molecule has 2 N–H and O–H groups in total. The van der Waals surface area contributed by atoms with Crippen LogP contribution < -0.4 is 10.9 Å². The standard InChI is InChI=1S/C15H16N2O2/c1-19-15(18)14-10-6-5-7-12(14)11-16-17-13-8-3-2-4-9-13/h2-10,16-17H,11H2,1H3. The van der Waals surface area contributed by atoms with E-state index < -0.39 is 0 Å². The van der Waals surface area contributed by atoms with E-state index in [0.29, 0.717) is 12.1 Å². The zero-order valence-corrected chi connectivity index (χ0v) is 10.7. The summed E-state index contributed by atoms with van der Waals surface area (Å²) >= 11 is 0. The Morgan fingerprint density at radius 1 is 1.05 bits per heavy atom. The highest BCUT2D eigenvalue weighted by molar-refractivity contribution is 5.90. The average molecular weight is 256 g/mol. The Bertz CT molecular complexity index is 541. The molecule has 0 heterocycles. The molecule has 0 spiro atoms. The fraction of sp³-hybridized carbons (Fsp3) is 0.133. The summed E-state index contributed by atoms with van der Waals surface area (Å²) in [6.45, 7) is 0.528. The number of benzene rings is 2. The lowest BCUT2D eigenvalue weighted by molar-refractivity contribution is 0.0599. The molecule has 0 radical (unpaired) electrons. The van der Waals surface area contributed by atoms with Crippen LogP contribution in [0.3, 0.4) is 0 Å². The summed E-state index contributed by atoms with van der Waals surface area (Å²) in [6, 6.07) is 17.1. The Labute approximate surface area is 112 Å². The molecule has 0 bridgehead atoms. The SMILES string of the molecule is COC(=O)c1ccccc1CNNc1ccccc1. The number of nitrogens with one attached hydrogen (secondary N) is 2. The van der Waals surface area contributed by atoms with E-state index >= 15 is 0 Å². The first-order valence-electron chi connectivity index (χ1n) is 6.01. The molecule has 4 heteroatoms. The normalized spacial score (nSPS) is 9.95. The van der Waals surface area contributed by atoms with Crippen LogP contribution >= 0.6 is 0 Å². The second-order valence-electron chi connectivity index (χ2n) is 3.99. The van der Waals surface area contributed by atoms with Crippen LogP contribution in [0.2, 0.25) is 0 Å². The molecule has 0 aliphatic heterocycles. The van der Waals surface area contributed by atoms with Gasteiger partial charge >= 0.3 is 5.97 Å². The predicted molar refractivity (Wildman–Crippen MR) is 74.7 cm³/mol. The number of carbonyl (C=O) groups excluding carboxylic acids is 1. The summed E-state index contributed by atoms with van der Waals surface area (Å²) < 4.78 is 4.75. The third-order valence-electron chi connectivity index (χ3n) is 2.71. The Kier molecular flexibility index (Phi) is 4.53. The minimum atomic E-state index is -0.322. The van der Waals surface area contributed by atoms with Crippen LogP contribution in [0.15, 0.2) is 54.6 Å². The minimum Gasteiger partial charge on any atom is -0.465 e. The van der Waals surface area contributed by atoms with Crippen molar-refractivity contribution < 1.29 is 9.53 Å². The van der Waals surface area contributed by atoms with Crippen molar-refractivity contribution in [2.75, 3.05) is 12.5 Å². The van der Waals surface area contributed by atoms with Crippen molar-refractivity contribution in [2.45, 2.75) is 6.54 Å². The van der Waals surface area contributed by atoms with Gasteiger partial charge in [-0.3, -0.25) is 0 Å². The van der Waals surface area contributed by atoms with Crippen LogP contribution in [0.5, 0.6) is 0 Å². The van der Waals surface area contributed by atoms with Gasteiger partial charge in [-0.15, -0.1) is 0 Å². The minimum absolute atomic E-state index is 0.322. The van der Waals surface area contributed by atoms with E-state index in [1.54, 1.807) is 6.07 Å². The van der Waals surface area contributed by atoms with Crippen molar-refractivity contribution in [1.82, 2.24) is 5.43 Å². The number of hydrogen-bond donors (Lipinski definition) is 2. The topological polar surface area (TPSA) is 50.4 Å². The number of methoxy groups -OCH3 is 1. The highest BCUT2D eigenvalue weighted by atomic mass is 16.5. The van der Waals surface area contributed by atoms with E-state index in [9.17, 15) is 4.79 Å². The van der Waals surface area contributed by atoms with Gasteiger partial charge in [-0.25, -0.2) is 10.2 Å². The summed E-state index contributed by atoms with van der Waals surface area (Å²) in [6.07, 6.45) is 0. The number of para-hydroxylation sites is 1. The van der Waals surface area contributed by atoms with E-state index in [0.717, 1.165) is 11.3 Å². The first-order valence-corrected chi connectivity index (χ1v) is 6.01. The zero-order valence-electron chi connectivity index (χ0n) is 10.7. The van der Waals surface area contributed by atoms with E-state index in [-0.39, 0.29) is 5.97 Å². The Morgan fingerprint density at radius 2 is 1.74 bits per heavy atom. The molecule has 2 rings (SSSR count). The molecule has 19 heavy (non-hydrogen) atoms. The molecule has 0 aromatic heterocycles. The maximum Gasteiger partial charge on any atom is 0.338 e. The smallest absolute Gasteiger partial charge is 0.338 e. The number of anilines is 1. The van der Waals surface area contributed by atoms with Gasteiger partial charge in [0.15, 0.2) is 0 Å². The molecule has 98 valence electrons. The lowest BCUT2D eigenvalue weighted by atomic mass is 10.1. The van der Waals surface area contributed by atoms with Gasteiger partial charge in [0.1, 0.15) is 0 Å². The van der Waals surface area contributed by atoms with Crippen molar-refractivity contribution in [3.63, 3.8) is 0 Å². The lowest BCUT2D eigenvalue weighted by Gasteiger charge is -2.11. The largest absolute Gasteiger partial charge is 0.465 e. The van der Waals surface area contributed by atoms with Gasteiger partial charge in [-0.2, -0.15) is 0 Å². The van der Waals surface area contributed by atoms with Crippen LogP contribution in [0.25, 0.3) is 0 Å². The highest BCUT2D eigenvalue weighted by Crippen LogP contribution is 2.10. The zero-order chi connectivity index (χ0) is 13.5. The Morgan fingerprint density at radius 3 is 2.47 bits per heavy atom. The highest BCUT2D eigenvalue weighted by Gasteiger charge is 2.09. The van der Waals surface area contributed by atoms with Gasteiger partial charge in [0, 0.05) is 12.2 Å². The third kappa shape index (κ3) is 3.56. The van der Waals surface area contributed by atoms with E-state index in [4.69, 9.17) is 4.74 Å². The number of carbonyl (C=O) groups is 1.